The van der Waals surface area contributed by atoms with E-state index in [1.54, 1.807) is 0 Å². The van der Waals surface area contributed by atoms with Crippen LogP contribution in [0, 0.1) is 22.7 Å². The van der Waals surface area contributed by atoms with Crippen molar-refractivity contribution in [1.82, 2.24) is 0 Å². The number of rotatable bonds is 4. The van der Waals surface area contributed by atoms with Crippen molar-refractivity contribution in [2.24, 2.45) is 22.7 Å². The molecule has 0 spiro atoms. The summed E-state index contributed by atoms with van der Waals surface area (Å²) in [6, 6.07) is 0. The Hall–Kier alpha value is -0.120. The van der Waals surface area contributed by atoms with Crippen LogP contribution in [0.1, 0.15) is 79.6 Å². The number of ether oxygens (including phenoxy) is 1. The number of fused-ring (bicyclic) bond motifs is 1. The Morgan fingerprint density at radius 1 is 1.13 bits per heavy atom. The van der Waals surface area contributed by atoms with E-state index in [0.29, 0.717) is 17.9 Å². The molecule has 2 saturated carbocycles. The smallest absolute Gasteiger partial charge is 0.109 e. The molecule has 3 rings (SSSR count). The van der Waals surface area contributed by atoms with Gasteiger partial charge in [0.2, 0.25) is 0 Å². The minimum atomic E-state index is -0.746. The maximum Gasteiger partial charge on any atom is 0.109 e. The van der Waals surface area contributed by atoms with Gasteiger partial charge in [-0.2, -0.15) is 0 Å². The second-order valence-corrected chi connectivity index (χ2v) is 10.1. The zero-order valence-electron chi connectivity index (χ0n) is 15.7. The molecule has 0 aromatic carbocycles. The van der Waals surface area contributed by atoms with Gasteiger partial charge in [0.15, 0.2) is 0 Å². The van der Waals surface area contributed by atoms with Gasteiger partial charge >= 0.3 is 0 Å². The second-order valence-electron chi connectivity index (χ2n) is 10.1. The Labute approximate surface area is 141 Å². The van der Waals surface area contributed by atoms with E-state index in [1.165, 1.54) is 19.3 Å². The molecule has 0 aromatic heterocycles. The summed E-state index contributed by atoms with van der Waals surface area (Å²) in [5.74, 6) is 0.939. The average Bonchev–Trinajstić information content (AvgIpc) is 3.20. The van der Waals surface area contributed by atoms with Crippen molar-refractivity contribution >= 4 is 0 Å². The Morgan fingerprint density at radius 2 is 1.78 bits per heavy atom. The second kappa shape index (κ2) is 5.44. The first kappa shape index (κ1) is 17.7. The summed E-state index contributed by atoms with van der Waals surface area (Å²) < 4.78 is 5.32. The molecule has 0 radical (unpaired) electrons. The fourth-order valence-electron chi connectivity index (χ4n) is 6.27. The first-order valence-electron chi connectivity index (χ1n) is 9.55. The molecule has 6 atom stereocenters. The van der Waals surface area contributed by atoms with Crippen molar-refractivity contribution in [3.63, 3.8) is 0 Å². The van der Waals surface area contributed by atoms with Gasteiger partial charge in [0.1, 0.15) is 6.10 Å². The molecule has 1 aliphatic heterocycles. The van der Waals surface area contributed by atoms with Gasteiger partial charge in [0.25, 0.3) is 0 Å². The molecule has 0 aromatic rings. The molecule has 1 heterocycles. The first-order chi connectivity index (χ1) is 10.5. The van der Waals surface area contributed by atoms with Crippen molar-refractivity contribution < 1.29 is 14.9 Å². The average molecular weight is 325 g/mol. The zero-order valence-corrected chi connectivity index (χ0v) is 15.7. The van der Waals surface area contributed by atoms with Crippen molar-refractivity contribution in [3.8, 4) is 0 Å². The lowest BCUT2D eigenvalue weighted by Crippen LogP contribution is -2.57. The number of hydrogen-bond donors (Lipinski definition) is 2. The molecule has 0 unspecified atom stereocenters. The number of aliphatic hydroxyl groups is 2. The van der Waals surface area contributed by atoms with Crippen LogP contribution >= 0.6 is 0 Å². The quantitative estimate of drug-likeness (QED) is 0.771. The summed E-state index contributed by atoms with van der Waals surface area (Å²) in [5, 5.41) is 21.8. The van der Waals surface area contributed by atoms with Crippen molar-refractivity contribution in [3.05, 3.63) is 0 Å². The van der Waals surface area contributed by atoms with E-state index < -0.39 is 11.2 Å². The predicted molar refractivity (Wildman–Crippen MR) is 92.2 cm³/mol. The van der Waals surface area contributed by atoms with Crippen LogP contribution in [0.25, 0.3) is 0 Å². The van der Waals surface area contributed by atoms with Crippen LogP contribution in [-0.4, -0.2) is 34.1 Å². The highest BCUT2D eigenvalue weighted by molar-refractivity contribution is 5.08. The molecule has 0 bridgehead atoms. The topological polar surface area (TPSA) is 53.0 Å². The summed E-state index contributed by atoms with van der Waals surface area (Å²) in [5.41, 5.74) is -0.809. The fraction of sp³-hybridized carbons (Fsp3) is 1.00. The molecule has 0 amide bonds. The summed E-state index contributed by atoms with van der Waals surface area (Å²) in [6.45, 7) is 11.9. The molecule has 2 aliphatic carbocycles. The lowest BCUT2D eigenvalue weighted by Gasteiger charge is -2.61. The van der Waals surface area contributed by atoms with E-state index in [-0.39, 0.29) is 17.4 Å². The maximum atomic E-state index is 11.1. The van der Waals surface area contributed by atoms with Crippen LogP contribution in [0.4, 0.5) is 0 Å². The first-order valence-corrected chi connectivity index (χ1v) is 9.55. The number of epoxide rings is 1. The molecule has 23 heavy (non-hydrogen) atoms. The molecule has 3 nitrogen and oxygen atoms in total. The van der Waals surface area contributed by atoms with Crippen LogP contribution < -0.4 is 0 Å². The summed E-state index contributed by atoms with van der Waals surface area (Å²) in [4.78, 5) is 0. The Morgan fingerprint density at radius 3 is 2.39 bits per heavy atom. The molecule has 3 aliphatic rings. The van der Waals surface area contributed by atoms with Gasteiger partial charge in [0, 0.05) is 0 Å². The molecule has 3 fully saturated rings. The Kier molecular flexibility index (Phi) is 4.18. The van der Waals surface area contributed by atoms with Crippen LogP contribution in [0.5, 0.6) is 0 Å². The minimum Gasteiger partial charge on any atom is -0.390 e. The lowest BCUT2D eigenvalue weighted by molar-refractivity contribution is -0.173. The highest BCUT2D eigenvalue weighted by atomic mass is 16.6. The van der Waals surface area contributed by atoms with Gasteiger partial charge < -0.3 is 14.9 Å². The van der Waals surface area contributed by atoms with Crippen molar-refractivity contribution in [1.29, 1.82) is 0 Å². The normalized spacial score (nSPS) is 48.4. The van der Waals surface area contributed by atoms with Gasteiger partial charge in [-0.3, -0.25) is 0 Å². The third-order valence-corrected chi connectivity index (χ3v) is 7.73. The van der Waals surface area contributed by atoms with Gasteiger partial charge in [-0.15, -0.1) is 0 Å². The maximum absolute atomic E-state index is 11.1. The van der Waals surface area contributed by atoms with E-state index in [9.17, 15) is 10.2 Å². The van der Waals surface area contributed by atoms with Crippen molar-refractivity contribution in [2.75, 3.05) is 6.61 Å². The lowest BCUT2D eigenvalue weighted by atomic mass is 9.45. The van der Waals surface area contributed by atoms with Crippen molar-refractivity contribution in [2.45, 2.75) is 96.9 Å². The van der Waals surface area contributed by atoms with Crippen LogP contribution in [0.15, 0.2) is 0 Å². The predicted octanol–water partition coefficient (Wildman–Crippen LogP) is 3.91. The zero-order chi connectivity index (χ0) is 17.1. The van der Waals surface area contributed by atoms with Gasteiger partial charge in [-0.05, 0) is 75.0 Å². The summed E-state index contributed by atoms with van der Waals surface area (Å²) in [6.07, 6.45) is 7.42. The molecular weight excluding hydrogens is 288 g/mol. The molecule has 134 valence electrons. The van der Waals surface area contributed by atoms with E-state index in [2.05, 4.69) is 20.8 Å². The fourth-order valence-corrected chi connectivity index (χ4v) is 6.27. The van der Waals surface area contributed by atoms with Gasteiger partial charge in [-0.1, -0.05) is 27.2 Å². The summed E-state index contributed by atoms with van der Waals surface area (Å²) >= 11 is 0. The molecule has 1 saturated heterocycles. The molecule has 3 heteroatoms. The standard InChI is InChI=1S/C20H36O3/c1-17(2)9-6-10-18(3)14(17)7-11-19(4,21)15(18)8-12-20(5,22)16-13-23-16/h14-16,21-22H,6-13H2,1-5H3/t14-,15-,16-,18+,19-,20-/m1/s1. The van der Waals surface area contributed by atoms with Gasteiger partial charge in [-0.25, -0.2) is 0 Å². The van der Waals surface area contributed by atoms with Crippen LogP contribution in [-0.2, 0) is 4.74 Å². The van der Waals surface area contributed by atoms with Crippen LogP contribution in [0.3, 0.4) is 0 Å². The largest absolute Gasteiger partial charge is 0.390 e. The van der Waals surface area contributed by atoms with E-state index >= 15 is 0 Å². The van der Waals surface area contributed by atoms with E-state index in [0.717, 1.165) is 25.7 Å². The minimum absolute atomic E-state index is 0.00226. The Bertz CT molecular complexity index is 450. The molecular formula is C20H36O3. The van der Waals surface area contributed by atoms with E-state index in [4.69, 9.17) is 4.74 Å². The Balaban J connectivity index is 1.81. The highest BCUT2D eigenvalue weighted by Crippen LogP contribution is 2.63. The van der Waals surface area contributed by atoms with Gasteiger partial charge in [0.05, 0.1) is 17.8 Å². The SMILES string of the molecule is CC1(C)CCC[C@@]2(C)[C@@H]1CC[C@@](C)(O)[C@@H]2CC[C@@](C)(O)[C@H]1CO1. The van der Waals surface area contributed by atoms with Crippen LogP contribution in [0.2, 0.25) is 0 Å². The summed E-state index contributed by atoms with van der Waals surface area (Å²) in [7, 11) is 0. The highest BCUT2D eigenvalue weighted by Gasteiger charge is 2.58. The molecule has 2 N–H and O–H groups in total. The monoisotopic (exact) mass is 324 g/mol. The third kappa shape index (κ3) is 3.09. The van der Waals surface area contributed by atoms with E-state index in [1.807, 2.05) is 13.8 Å². The third-order valence-electron chi connectivity index (χ3n) is 7.73. The number of hydrogen-bond acceptors (Lipinski definition) is 3.